The van der Waals surface area contributed by atoms with Crippen molar-refractivity contribution in [2.24, 2.45) is 0 Å². The van der Waals surface area contributed by atoms with Crippen molar-refractivity contribution in [2.45, 2.75) is 0 Å². The maximum Gasteiger partial charge on any atom is 0.120 e. The maximum absolute atomic E-state index is 5.45. The molecule has 0 aliphatic heterocycles. The molecule has 1 aromatic carbocycles. The van der Waals surface area contributed by atoms with Crippen LogP contribution in [-0.4, -0.2) is 7.11 Å². The summed E-state index contributed by atoms with van der Waals surface area (Å²) in [6.07, 6.45) is 0. The van der Waals surface area contributed by atoms with Crippen molar-refractivity contribution < 1.29 is 6.16 Å². The molecule has 0 heterocycles. The Hall–Kier alpha value is -1.18. The minimum absolute atomic E-state index is 0. The quantitative estimate of drug-likeness (QED) is 0.577. The summed E-state index contributed by atoms with van der Waals surface area (Å²) in [6.45, 7) is 0. The van der Waals surface area contributed by atoms with Crippen molar-refractivity contribution in [3.8, 4) is 5.75 Å². The Balaban J connectivity index is 0.000000810. The summed E-state index contributed by atoms with van der Waals surface area (Å²) >= 11 is 0. The normalized spacial score (nSPS) is 9.00. The van der Waals surface area contributed by atoms with Gasteiger partial charge in [-0.3, -0.25) is 0 Å². The van der Waals surface area contributed by atoms with Crippen LogP contribution >= 0.6 is 0 Å². The highest BCUT2D eigenvalue weighted by Gasteiger charge is 1.87. The van der Waals surface area contributed by atoms with Crippen LogP contribution in [0.4, 0.5) is 5.69 Å². The van der Waals surface area contributed by atoms with Gasteiger partial charge in [-0.2, -0.15) is 0 Å². The molecule has 0 amide bonds. The van der Waals surface area contributed by atoms with E-state index in [1.165, 1.54) is 0 Å². The SMILES string of the molecule is COc1cccc(N)c1.[HH]. The van der Waals surface area contributed by atoms with Gasteiger partial charge in [-0.05, 0) is 12.1 Å². The third kappa shape index (κ3) is 1.35. The van der Waals surface area contributed by atoms with Gasteiger partial charge in [-0.25, -0.2) is 0 Å². The number of methoxy groups -OCH3 is 1. The van der Waals surface area contributed by atoms with Crippen LogP contribution in [0.25, 0.3) is 0 Å². The van der Waals surface area contributed by atoms with E-state index in [0.29, 0.717) is 0 Å². The van der Waals surface area contributed by atoms with Gasteiger partial charge in [0, 0.05) is 13.2 Å². The fourth-order valence-electron chi connectivity index (χ4n) is 0.642. The van der Waals surface area contributed by atoms with E-state index in [2.05, 4.69) is 0 Å². The van der Waals surface area contributed by atoms with Crippen molar-refractivity contribution in [3.63, 3.8) is 0 Å². The summed E-state index contributed by atoms with van der Waals surface area (Å²) in [4.78, 5) is 0. The van der Waals surface area contributed by atoms with E-state index >= 15 is 0 Å². The van der Waals surface area contributed by atoms with Crippen LogP contribution < -0.4 is 10.5 Å². The van der Waals surface area contributed by atoms with Gasteiger partial charge in [0.1, 0.15) is 5.75 Å². The molecular formula is C7H11NO. The average molecular weight is 125 g/mol. The van der Waals surface area contributed by atoms with Crippen LogP contribution in [0.1, 0.15) is 1.43 Å². The van der Waals surface area contributed by atoms with Gasteiger partial charge in [-0.1, -0.05) is 6.07 Å². The second kappa shape index (κ2) is 2.40. The summed E-state index contributed by atoms with van der Waals surface area (Å²) in [5, 5.41) is 0. The van der Waals surface area contributed by atoms with Gasteiger partial charge < -0.3 is 10.5 Å². The van der Waals surface area contributed by atoms with Gasteiger partial charge in [0.15, 0.2) is 0 Å². The second-order valence-electron chi connectivity index (χ2n) is 1.78. The lowest BCUT2D eigenvalue weighted by Crippen LogP contribution is -1.86. The van der Waals surface area contributed by atoms with E-state index in [9.17, 15) is 0 Å². The fourth-order valence-corrected chi connectivity index (χ4v) is 0.642. The Bertz CT molecular complexity index is 203. The van der Waals surface area contributed by atoms with Crippen LogP contribution in [0, 0.1) is 0 Å². The number of nitrogens with two attached hydrogens (primary N) is 1. The van der Waals surface area contributed by atoms with Gasteiger partial charge in [0.05, 0.1) is 7.11 Å². The molecule has 0 saturated heterocycles. The second-order valence-corrected chi connectivity index (χ2v) is 1.78. The molecule has 0 radical (unpaired) electrons. The van der Waals surface area contributed by atoms with Crippen LogP contribution in [0.3, 0.4) is 0 Å². The van der Waals surface area contributed by atoms with Crippen LogP contribution in [-0.2, 0) is 0 Å². The Kier molecular flexibility index (Phi) is 1.58. The molecule has 2 N–H and O–H groups in total. The molecule has 9 heavy (non-hydrogen) atoms. The first-order valence-electron chi connectivity index (χ1n) is 2.72. The fraction of sp³-hybridized carbons (Fsp3) is 0.143. The van der Waals surface area contributed by atoms with Crippen molar-refractivity contribution in [2.75, 3.05) is 12.8 Å². The van der Waals surface area contributed by atoms with Gasteiger partial charge in [-0.15, -0.1) is 0 Å². The van der Waals surface area contributed by atoms with E-state index in [4.69, 9.17) is 10.5 Å². The largest absolute Gasteiger partial charge is 0.497 e. The smallest absolute Gasteiger partial charge is 0.120 e. The number of ether oxygens (including phenoxy) is 1. The standard InChI is InChI=1S/C7H9NO.H2/c1-9-7-4-2-3-6(8)5-7;/h2-5H,8H2,1H3;1H. The first-order chi connectivity index (χ1) is 4.33. The molecule has 0 fully saturated rings. The number of anilines is 1. The first-order valence-corrected chi connectivity index (χ1v) is 2.72. The van der Waals surface area contributed by atoms with Crippen molar-refractivity contribution in [3.05, 3.63) is 24.3 Å². The van der Waals surface area contributed by atoms with Gasteiger partial charge in [0.2, 0.25) is 0 Å². The molecule has 0 atom stereocenters. The van der Waals surface area contributed by atoms with Crippen LogP contribution in [0.2, 0.25) is 0 Å². The molecular weight excluding hydrogens is 114 g/mol. The van der Waals surface area contributed by atoms with E-state index in [-0.39, 0.29) is 1.43 Å². The molecule has 0 bridgehead atoms. The van der Waals surface area contributed by atoms with Crippen molar-refractivity contribution in [1.82, 2.24) is 0 Å². The zero-order valence-corrected chi connectivity index (χ0v) is 5.29. The van der Waals surface area contributed by atoms with Gasteiger partial charge >= 0.3 is 0 Å². The van der Waals surface area contributed by atoms with E-state index < -0.39 is 0 Å². The maximum atomic E-state index is 5.45. The molecule has 0 aliphatic rings. The summed E-state index contributed by atoms with van der Waals surface area (Å²) in [5.74, 6) is 0.801. The molecule has 0 spiro atoms. The zero-order valence-electron chi connectivity index (χ0n) is 5.29. The molecule has 2 heteroatoms. The minimum Gasteiger partial charge on any atom is -0.497 e. The topological polar surface area (TPSA) is 35.2 Å². The molecule has 0 aliphatic carbocycles. The number of hydrogen-bond donors (Lipinski definition) is 1. The lowest BCUT2D eigenvalue weighted by Gasteiger charge is -1.97. The molecule has 0 aromatic heterocycles. The monoisotopic (exact) mass is 125 g/mol. The number of rotatable bonds is 1. The Labute approximate surface area is 55.7 Å². The summed E-state index contributed by atoms with van der Waals surface area (Å²) < 4.78 is 4.92. The molecule has 0 unspecified atom stereocenters. The molecule has 2 nitrogen and oxygen atoms in total. The molecule has 0 saturated carbocycles. The van der Waals surface area contributed by atoms with Crippen molar-refractivity contribution >= 4 is 5.69 Å². The summed E-state index contributed by atoms with van der Waals surface area (Å²) in [6, 6.07) is 7.31. The van der Waals surface area contributed by atoms with E-state index in [0.717, 1.165) is 11.4 Å². The van der Waals surface area contributed by atoms with E-state index in [1.807, 2.05) is 18.2 Å². The summed E-state index contributed by atoms with van der Waals surface area (Å²) in [5.41, 5.74) is 6.19. The zero-order chi connectivity index (χ0) is 6.69. The lowest BCUT2D eigenvalue weighted by molar-refractivity contribution is 0.415. The third-order valence-electron chi connectivity index (χ3n) is 1.09. The Morgan fingerprint density at radius 2 is 2.33 bits per heavy atom. The first kappa shape index (κ1) is 5.95. The van der Waals surface area contributed by atoms with Crippen molar-refractivity contribution in [1.29, 1.82) is 0 Å². The predicted molar refractivity (Wildman–Crippen MR) is 39.5 cm³/mol. The molecule has 50 valence electrons. The minimum atomic E-state index is 0. The predicted octanol–water partition coefficient (Wildman–Crippen LogP) is 1.52. The highest BCUT2D eigenvalue weighted by molar-refractivity contribution is 5.43. The highest BCUT2D eigenvalue weighted by atomic mass is 16.5. The summed E-state index contributed by atoms with van der Waals surface area (Å²) in [7, 11) is 1.62. The molecule has 1 rings (SSSR count). The molecule has 1 aromatic rings. The number of nitrogen functional groups attached to an aromatic ring is 1. The Morgan fingerprint density at radius 1 is 1.56 bits per heavy atom. The van der Waals surface area contributed by atoms with Crippen LogP contribution in [0.5, 0.6) is 5.75 Å². The number of benzene rings is 1. The van der Waals surface area contributed by atoms with Crippen LogP contribution in [0.15, 0.2) is 24.3 Å². The highest BCUT2D eigenvalue weighted by Crippen LogP contribution is 2.12. The Morgan fingerprint density at radius 3 is 2.78 bits per heavy atom. The van der Waals surface area contributed by atoms with Gasteiger partial charge in [0.25, 0.3) is 0 Å². The number of hydrogen-bond acceptors (Lipinski definition) is 2. The third-order valence-corrected chi connectivity index (χ3v) is 1.09. The van der Waals surface area contributed by atoms with E-state index in [1.54, 1.807) is 13.2 Å². The average Bonchev–Trinajstić information content (AvgIpc) is 1.88. The lowest BCUT2D eigenvalue weighted by atomic mass is 10.3.